The van der Waals surface area contributed by atoms with E-state index in [0.717, 1.165) is 27.3 Å². The fourth-order valence-electron chi connectivity index (χ4n) is 6.46. The first-order valence-corrected chi connectivity index (χ1v) is 14.1. The Balaban J connectivity index is 1.57. The largest absolute Gasteiger partial charge is 0.456 e. The van der Waals surface area contributed by atoms with Crippen LogP contribution in [0.15, 0.2) is 162 Å². The molecule has 0 N–H and O–H groups in total. The topological polar surface area (TPSA) is 13.1 Å². The SMILES string of the molecule is [2H]c1c([2H])c([2H])c2c(-c3cccc4oc5ccc6ccccc6c5c34)c3c([2H])c([2H])c([2H])c([2H])c3c(-c3cccc(-c4ccccc4)c3)c2c1[2H]. The zero-order valence-electron chi connectivity index (χ0n) is 30.8. The van der Waals surface area contributed by atoms with Crippen LogP contribution in [-0.4, -0.2) is 0 Å². The third-order valence-corrected chi connectivity index (χ3v) is 8.29. The molecule has 0 unspecified atom stereocenters. The van der Waals surface area contributed by atoms with Gasteiger partial charge in [0.25, 0.3) is 0 Å². The highest BCUT2D eigenvalue weighted by Gasteiger charge is 2.21. The van der Waals surface area contributed by atoms with Crippen molar-refractivity contribution in [2.45, 2.75) is 0 Å². The monoisotopic (exact) mass is 554 g/mol. The van der Waals surface area contributed by atoms with Gasteiger partial charge in [-0.2, -0.15) is 0 Å². The molecule has 0 atom stereocenters. The van der Waals surface area contributed by atoms with Crippen LogP contribution in [0.1, 0.15) is 11.0 Å². The molecule has 200 valence electrons. The highest BCUT2D eigenvalue weighted by atomic mass is 16.3. The van der Waals surface area contributed by atoms with Gasteiger partial charge in [0.05, 0.1) is 11.0 Å². The predicted octanol–water partition coefficient (Wildman–Crippen LogP) is 12.0. The maximum absolute atomic E-state index is 9.41. The molecule has 0 saturated heterocycles. The Bertz CT molecular complexity index is 2870. The van der Waals surface area contributed by atoms with Crippen LogP contribution in [-0.2, 0) is 0 Å². The quantitative estimate of drug-likeness (QED) is 0.198. The van der Waals surface area contributed by atoms with E-state index in [4.69, 9.17) is 9.90 Å². The Labute approximate surface area is 260 Å². The molecule has 43 heavy (non-hydrogen) atoms. The van der Waals surface area contributed by atoms with Crippen molar-refractivity contribution >= 4 is 54.3 Å². The van der Waals surface area contributed by atoms with E-state index in [0.29, 0.717) is 38.8 Å². The van der Waals surface area contributed by atoms with E-state index >= 15 is 0 Å². The Hall–Kier alpha value is -5.66. The molecule has 0 aliphatic carbocycles. The van der Waals surface area contributed by atoms with Gasteiger partial charge in [-0.1, -0.05) is 139 Å². The Morgan fingerprint density at radius 1 is 0.419 bits per heavy atom. The summed E-state index contributed by atoms with van der Waals surface area (Å²) >= 11 is 0. The molecule has 8 aromatic carbocycles. The smallest absolute Gasteiger partial charge is 0.136 e. The van der Waals surface area contributed by atoms with Crippen LogP contribution in [0.25, 0.3) is 87.6 Å². The second-order valence-electron chi connectivity index (χ2n) is 10.6. The van der Waals surface area contributed by atoms with Gasteiger partial charge < -0.3 is 4.42 Å². The summed E-state index contributed by atoms with van der Waals surface area (Å²) in [5, 5.41) is 4.08. The maximum Gasteiger partial charge on any atom is 0.136 e. The van der Waals surface area contributed by atoms with Gasteiger partial charge in [0.1, 0.15) is 11.2 Å². The van der Waals surface area contributed by atoms with Gasteiger partial charge >= 0.3 is 0 Å². The highest BCUT2D eigenvalue weighted by Crippen LogP contribution is 2.48. The van der Waals surface area contributed by atoms with Gasteiger partial charge in [-0.05, 0) is 83.9 Å². The highest BCUT2D eigenvalue weighted by molar-refractivity contribution is 6.28. The summed E-state index contributed by atoms with van der Waals surface area (Å²) in [6, 6.07) is 31.6. The lowest BCUT2D eigenvalue weighted by atomic mass is 9.84. The Morgan fingerprint density at radius 2 is 1.02 bits per heavy atom. The first-order valence-electron chi connectivity index (χ1n) is 18.1. The molecule has 0 saturated carbocycles. The molecular formula is C42H26O. The van der Waals surface area contributed by atoms with Crippen molar-refractivity contribution in [1.82, 2.24) is 0 Å². The second-order valence-corrected chi connectivity index (χ2v) is 10.6. The lowest BCUT2D eigenvalue weighted by Gasteiger charge is -2.18. The standard InChI is InChI=1S/C42H26O/c1-2-12-27(13-3-1)29-15-10-16-30(26-29)39-32-18-6-8-20-34(32)40(35-21-9-7-19-33(35)39)36-22-11-23-37-42(36)41-31-17-5-4-14-28(31)24-25-38(41)43-37/h1-26H/i6D,7D,8D,9D,18D,19D,20D,21D. The molecule has 0 aliphatic heterocycles. The van der Waals surface area contributed by atoms with Crippen molar-refractivity contribution in [2.75, 3.05) is 0 Å². The molecule has 0 radical (unpaired) electrons. The summed E-state index contributed by atoms with van der Waals surface area (Å²) in [6.07, 6.45) is 0. The molecule has 0 aliphatic rings. The molecule has 1 nitrogen and oxygen atoms in total. The third kappa shape index (κ3) is 3.65. The minimum Gasteiger partial charge on any atom is -0.456 e. The maximum atomic E-state index is 9.41. The van der Waals surface area contributed by atoms with Gasteiger partial charge in [-0.25, -0.2) is 0 Å². The van der Waals surface area contributed by atoms with Crippen LogP contribution in [0, 0.1) is 0 Å². The third-order valence-electron chi connectivity index (χ3n) is 8.29. The summed E-state index contributed by atoms with van der Waals surface area (Å²) in [6.45, 7) is 0. The van der Waals surface area contributed by atoms with Crippen molar-refractivity contribution in [1.29, 1.82) is 0 Å². The molecule has 9 rings (SSSR count). The number of furan rings is 1. The Kier molecular flexibility index (Phi) is 3.80. The number of hydrogen-bond donors (Lipinski definition) is 0. The minimum atomic E-state index is -0.437. The van der Waals surface area contributed by atoms with Gasteiger partial charge in [0.15, 0.2) is 0 Å². The van der Waals surface area contributed by atoms with Gasteiger partial charge in [-0.15, -0.1) is 0 Å². The van der Waals surface area contributed by atoms with Crippen LogP contribution in [0.4, 0.5) is 0 Å². The molecular weight excluding hydrogens is 520 g/mol. The van der Waals surface area contributed by atoms with Crippen molar-refractivity contribution in [3.63, 3.8) is 0 Å². The van der Waals surface area contributed by atoms with Gasteiger partial charge in [0, 0.05) is 10.8 Å². The van der Waals surface area contributed by atoms with E-state index in [-0.39, 0.29) is 45.7 Å². The zero-order valence-corrected chi connectivity index (χ0v) is 22.8. The first-order chi connectivity index (χ1) is 24.7. The lowest BCUT2D eigenvalue weighted by molar-refractivity contribution is 0.669. The molecule has 0 amide bonds. The van der Waals surface area contributed by atoms with Crippen molar-refractivity contribution < 1.29 is 15.4 Å². The Morgan fingerprint density at radius 3 is 1.79 bits per heavy atom. The van der Waals surface area contributed by atoms with Crippen LogP contribution in [0.2, 0.25) is 0 Å². The second kappa shape index (κ2) is 9.44. The van der Waals surface area contributed by atoms with Crippen LogP contribution in [0.5, 0.6) is 0 Å². The molecule has 0 spiro atoms. The summed E-state index contributed by atoms with van der Waals surface area (Å²) in [5.74, 6) is 0. The number of fused-ring (bicyclic) bond motifs is 7. The fourth-order valence-corrected chi connectivity index (χ4v) is 6.46. The summed E-state index contributed by atoms with van der Waals surface area (Å²) in [7, 11) is 0. The van der Waals surface area contributed by atoms with E-state index in [1.54, 1.807) is 6.07 Å². The number of hydrogen-bond acceptors (Lipinski definition) is 1. The minimum absolute atomic E-state index is 0.167. The van der Waals surface area contributed by atoms with E-state index < -0.39 is 24.2 Å². The van der Waals surface area contributed by atoms with Gasteiger partial charge in [-0.3, -0.25) is 0 Å². The summed E-state index contributed by atoms with van der Waals surface area (Å²) < 4.78 is 79.2. The molecule has 1 heterocycles. The molecule has 9 aromatic rings. The molecule has 0 bridgehead atoms. The summed E-state index contributed by atoms with van der Waals surface area (Å²) in [4.78, 5) is 0. The average Bonchev–Trinajstić information content (AvgIpc) is 3.56. The fraction of sp³-hybridized carbons (Fsp3) is 0. The van der Waals surface area contributed by atoms with E-state index in [1.807, 2.05) is 103 Å². The van der Waals surface area contributed by atoms with Crippen LogP contribution < -0.4 is 0 Å². The summed E-state index contributed by atoms with van der Waals surface area (Å²) in [5.41, 5.74) is 4.66. The molecule has 1 aromatic heterocycles. The van der Waals surface area contributed by atoms with E-state index in [2.05, 4.69) is 0 Å². The van der Waals surface area contributed by atoms with E-state index in [1.165, 1.54) is 0 Å². The van der Waals surface area contributed by atoms with Crippen molar-refractivity contribution in [2.24, 2.45) is 0 Å². The van der Waals surface area contributed by atoms with E-state index in [9.17, 15) is 5.48 Å². The normalized spacial score (nSPS) is 14.3. The first kappa shape index (κ1) is 17.3. The van der Waals surface area contributed by atoms with Crippen LogP contribution in [0.3, 0.4) is 0 Å². The van der Waals surface area contributed by atoms with Crippen LogP contribution >= 0.6 is 0 Å². The van der Waals surface area contributed by atoms with Gasteiger partial charge in [0.2, 0.25) is 0 Å². The average molecular weight is 555 g/mol. The van der Waals surface area contributed by atoms with Crippen molar-refractivity contribution in [3.8, 4) is 33.4 Å². The molecule has 1 heteroatoms. The van der Waals surface area contributed by atoms with Crippen molar-refractivity contribution in [3.05, 3.63) is 158 Å². The number of benzene rings is 8. The zero-order chi connectivity index (χ0) is 35.3. The number of rotatable bonds is 3. The molecule has 0 fully saturated rings. The lowest BCUT2D eigenvalue weighted by Crippen LogP contribution is -1.91. The predicted molar refractivity (Wildman–Crippen MR) is 183 cm³/mol.